The predicted molar refractivity (Wildman–Crippen MR) is 147 cm³/mol. The summed E-state index contributed by atoms with van der Waals surface area (Å²) in [6.07, 6.45) is 2.17. The highest BCUT2D eigenvalue weighted by Crippen LogP contribution is 2.30. The van der Waals surface area contributed by atoms with Gasteiger partial charge in [-0.15, -0.1) is 0 Å². The van der Waals surface area contributed by atoms with Crippen molar-refractivity contribution in [1.82, 2.24) is 14.1 Å². The van der Waals surface area contributed by atoms with E-state index in [1.165, 1.54) is 21.6 Å². The van der Waals surface area contributed by atoms with Crippen LogP contribution in [0, 0.1) is 6.92 Å². The van der Waals surface area contributed by atoms with Gasteiger partial charge in [0.25, 0.3) is 0 Å². The highest BCUT2D eigenvalue weighted by Gasteiger charge is 2.15. The van der Waals surface area contributed by atoms with Crippen LogP contribution in [0.25, 0.3) is 0 Å². The number of aryl methyl sites for hydroxylation is 1. The molecule has 0 spiro atoms. The van der Waals surface area contributed by atoms with Gasteiger partial charge in [0.05, 0.1) is 32.6 Å². The van der Waals surface area contributed by atoms with Gasteiger partial charge in [0.15, 0.2) is 0 Å². The van der Waals surface area contributed by atoms with E-state index in [9.17, 15) is 0 Å². The van der Waals surface area contributed by atoms with Crippen LogP contribution in [0.15, 0.2) is 53.6 Å². The second-order valence-electron chi connectivity index (χ2n) is 8.71. The van der Waals surface area contributed by atoms with E-state index in [4.69, 9.17) is 14.6 Å². The lowest BCUT2D eigenvalue weighted by molar-refractivity contribution is 0.0773. The summed E-state index contributed by atoms with van der Waals surface area (Å²) in [5.74, 6) is 1.23. The standard InChI is InChI=1S/C26H34N4O2S.C2H6/c1-19(2)26-22(18-29(28-26)17-21-6-5-7-24(14-21)31-4)16-27-23-9-8-20(3)25(15-23)33-30-10-12-32-13-11-30;1-2/h5-9,14-15,18-19,27H,10-13,16-17H2,1-4H3;1-2H3. The van der Waals surface area contributed by atoms with E-state index in [1.54, 1.807) is 7.11 Å². The summed E-state index contributed by atoms with van der Waals surface area (Å²) < 4.78 is 15.3. The molecule has 0 atom stereocenters. The Morgan fingerprint density at radius 2 is 1.89 bits per heavy atom. The molecular weight excluding hydrogens is 456 g/mol. The van der Waals surface area contributed by atoms with Crippen LogP contribution in [0.3, 0.4) is 0 Å². The molecule has 3 aromatic rings. The average molecular weight is 497 g/mol. The van der Waals surface area contributed by atoms with Crippen LogP contribution in [0.4, 0.5) is 5.69 Å². The first kappa shape index (κ1) is 27.1. The van der Waals surface area contributed by atoms with Crippen molar-refractivity contribution < 1.29 is 9.47 Å². The first-order valence-corrected chi connectivity index (χ1v) is 13.3. The normalized spacial score (nSPS) is 13.9. The van der Waals surface area contributed by atoms with Gasteiger partial charge in [-0.2, -0.15) is 5.10 Å². The van der Waals surface area contributed by atoms with Crippen LogP contribution >= 0.6 is 11.9 Å². The Hall–Kier alpha value is -2.48. The van der Waals surface area contributed by atoms with Crippen LogP contribution in [-0.2, 0) is 17.8 Å². The molecule has 1 saturated heterocycles. The molecule has 6 nitrogen and oxygen atoms in total. The fourth-order valence-electron chi connectivity index (χ4n) is 3.92. The number of hydrogen-bond donors (Lipinski definition) is 1. The summed E-state index contributed by atoms with van der Waals surface area (Å²) in [5, 5.41) is 8.52. The second kappa shape index (κ2) is 13.6. The van der Waals surface area contributed by atoms with Crippen molar-refractivity contribution in [1.29, 1.82) is 0 Å². The number of ether oxygens (including phenoxy) is 2. The Labute approximate surface area is 215 Å². The van der Waals surface area contributed by atoms with Crippen molar-refractivity contribution in [2.24, 2.45) is 0 Å². The molecule has 1 aromatic heterocycles. The molecule has 190 valence electrons. The van der Waals surface area contributed by atoms with Gasteiger partial charge in [0, 0.05) is 42.0 Å². The monoisotopic (exact) mass is 496 g/mol. The maximum Gasteiger partial charge on any atom is 0.119 e. The SMILES string of the molecule is CC.COc1cccc(Cn2cc(CNc3ccc(C)c(SN4CCOCC4)c3)c(C(C)C)n2)c1. The number of hydrogen-bond acceptors (Lipinski definition) is 6. The van der Waals surface area contributed by atoms with E-state index in [0.29, 0.717) is 5.92 Å². The third-order valence-corrected chi connectivity index (χ3v) is 7.02. The van der Waals surface area contributed by atoms with E-state index in [2.05, 4.69) is 66.9 Å². The lowest BCUT2D eigenvalue weighted by Crippen LogP contribution is -2.30. The molecule has 0 unspecified atom stereocenters. The number of nitrogens with zero attached hydrogens (tertiary/aromatic N) is 3. The van der Waals surface area contributed by atoms with Crippen LogP contribution in [0.5, 0.6) is 5.75 Å². The van der Waals surface area contributed by atoms with Crippen LogP contribution in [0.2, 0.25) is 0 Å². The van der Waals surface area contributed by atoms with Gasteiger partial charge in [-0.05, 0) is 60.2 Å². The van der Waals surface area contributed by atoms with Gasteiger partial charge in [0.2, 0.25) is 0 Å². The Bertz CT molecular complexity index is 1060. The molecule has 0 bridgehead atoms. The van der Waals surface area contributed by atoms with Crippen molar-refractivity contribution >= 4 is 17.6 Å². The molecule has 1 N–H and O–H groups in total. The van der Waals surface area contributed by atoms with Crippen molar-refractivity contribution in [3.63, 3.8) is 0 Å². The van der Waals surface area contributed by atoms with Gasteiger partial charge in [-0.3, -0.25) is 4.68 Å². The van der Waals surface area contributed by atoms with Gasteiger partial charge < -0.3 is 14.8 Å². The maximum absolute atomic E-state index is 5.48. The summed E-state index contributed by atoms with van der Waals surface area (Å²) in [4.78, 5) is 1.29. The fourth-order valence-corrected chi connectivity index (χ4v) is 4.92. The van der Waals surface area contributed by atoms with E-state index < -0.39 is 0 Å². The highest BCUT2D eigenvalue weighted by molar-refractivity contribution is 7.97. The number of methoxy groups -OCH3 is 1. The molecule has 0 amide bonds. The summed E-state index contributed by atoms with van der Waals surface area (Å²) in [6.45, 7) is 15.6. The van der Waals surface area contributed by atoms with Crippen molar-refractivity contribution in [3.8, 4) is 5.75 Å². The lowest BCUT2D eigenvalue weighted by atomic mass is 10.1. The number of rotatable bonds is 9. The zero-order valence-corrected chi connectivity index (χ0v) is 22.8. The predicted octanol–water partition coefficient (Wildman–Crippen LogP) is 6.35. The van der Waals surface area contributed by atoms with Crippen LogP contribution in [0.1, 0.15) is 56.0 Å². The first-order valence-electron chi connectivity index (χ1n) is 12.6. The van der Waals surface area contributed by atoms with Crippen LogP contribution < -0.4 is 10.1 Å². The molecule has 1 aliphatic rings. The highest BCUT2D eigenvalue weighted by atomic mass is 32.2. The summed E-state index contributed by atoms with van der Waals surface area (Å²) in [5.41, 5.74) is 5.98. The Morgan fingerprint density at radius 3 is 2.60 bits per heavy atom. The minimum atomic E-state index is 0.360. The minimum absolute atomic E-state index is 0.360. The molecule has 2 heterocycles. The quantitative estimate of drug-likeness (QED) is 0.348. The molecule has 0 saturated carbocycles. The van der Waals surface area contributed by atoms with Gasteiger partial charge in [0.1, 0.15) is 5.75 Å². The molecule has 0 radical (unpaired) electrons. The van der Waals surface area contributed by atoms with E-state index in [1.807, 2.05) is 42.6 Å². The van der Waals surface area contributed by atoms with Gasteiger partial charge in [-0.25, -0.2) is 4.31 Å². The molecule has 7 heteroatoms. The smallest absolute Gasteiger partial charge is 0.119 e. The first-order chi connectivity index (χ1) is 17.0. The van der Waals surface area contributed by atoms with Crippen molar-refractivity contribution in [2.75, 3.05) is 38.7 Å². The molecule has 4 rings (SSSR count). The Kier molecular flexibility index (Phi) is 10.5. The zero-order chi connectivity index (χ0) is 25.2. The number of nitrogens with one attached hydrogen (secondary N) is 1. The minimum Gasteiger partial charge on any atom is -0.497 e. The Morgan fingerprint density at radius 1 is 1.11 bits per heavy atom. The van der Waals surface area contributed by atoms with Gasteiger partial charge >= 0.3 is 0 Å². The third kappa shape index (κ3) is 7.75. The Balaban J connectivity index is 0.00000167. The second-order valence-corrected chi connectivity index (χ2v) is 9.85. The zero-order valence-electron chi connectivity index (χ0n) is 22.0. The average Bonchev–Trinajstić information content (AvgIpc) is 3.29. The van der Waals surface area contributed by atoms with E-state index >= 15 is 0 Å². The van der Waals surface area contributed by atoms with Crippen molar-refractivity contribution in [2.45, 2.75) is 58.5 Å². The third-order valence-electron chi connectivity index (χ3n) is 5.76. The summed E-state index contributed by atoms with van der Waals surface area (Å²) in [7, 11) is 1.70. The number of aromatic nitrogens is 2. The molecule has 0 aliphatic carbocycles. The van der Waals surface area contributed by atoms with Gasteiger partial charge in [-0.1, -0.05) is 45.9 Å². The van der Waals surface area contributed by atoms with E-state index in [-0.39, 0.29) is 0 Å². The molecule has 1 fully saturated rings. The largest absolute Gasteiger partial charge is 0.497 e. The summed E-state index contributed by atoms with van der Waals surface area (Å²) in [6, 6.07) is 14.8. The molecular formula is C28H40N4O2S. The van der Waals surface area contributed by atoms with Crippen molar-refractivity contribution in [3.05, 3.63) is 71.0 Å². The van der Waals surface area contributed by atoms with Crippen LogP contribution in [-0.4, -0.2) is 47.5 Å². The summed E-state index contributed by atoms with van der Waals surface area (Å²) >= 11 is 1.83. The lowest BCUT2D eigenvalue weighted by Gasteiger charge is -2.26. The maximum atomic E-state index is 5.48. The van der Waals surface area contributed by atoms with E-state index in [0.717, 1.165) is 56.5 Å². The topological polar surface area (TPSA) is 51.5 Å². The number of benzene rings is 2. The number of anilines is 1. The molecule has 1 aliphatic heterocycles. The molecule has 35 heavy (non-hydrogen) atoms. The fraction of sp³-hybridized carbons (Fsp3) is 0.464. The number of morpholine rings is 1. The molecule has 2 aromatic carbocycles.